The lowest BCUT2D eigenvalue weighted by atomic mass is 10.1. The molecule has 0 aliphatic rings. The summed E-state index contributed by atoms with van der Waals surface area (Å²) < 4.78 is 29.6. The summed E-state index contributed by atoms with van der Waals surface area (Å²) in [5.74, 6) is 0.104. The zero-order chi connectivity index (χ0) is 16.9. The van der Waals surface area contributed by atoms with E-state index in [-0.39, 0.29) is 16.4 Å². The van der Waals surface area contributed by atoms with E-state index in [0.717, 1.165) is 24.8 Å². The van der Waals surface area contributed by atoms with Crippen LogP contribution in [0.5, 0.6) is 5.75 Å². The van der Waals surface area contributed by atoms with Crippen molar-refractivity contribution in [1.29, 1.82) is 0 Å². The lowest BCUT2D eigenvalue weighted by Crippen LogP contribution is -2.10. The van der Waals surface area contributed by atoms with E-state index in [1.807, 2.05) is 12.1 Å². The van der Waals surface area contributed by atoms with Gasteiger partial charge in [-0.1, -0.05) is 25.5 Å². The summed E-state index contributed by atoms with van der Waals surface area (Å²) in [6, 6.07) is 12.8. The number of unbranched alkanes of at least 4 members (excludes halogenated alkanes) is 1. The number of aryl methyl sites for hydroxylation is 1. The van der Waals surface area contributed by atoms with Crippen molar-refractivity contribution in [1.82, 2.24) is 0 Å². The fourth-order valence-electron chi connectivity index (χ4n) is 2.12. The molecule has 0 unspecified atom stereocenters. The second-order valence-electron chi connectivity index (χ2n) is 5.37. The number of benzene rings is 2. The maximum atomic E-state index is 12.3. The van der Waals surface area contributed by atoms with Crippen molar-refractivity contribution in [3.63, 3.8) is 0 Å². The molecule has 0 fully saturated rings. The van der Waals surface area contributed by atoms with Crippen LogP contribution in [0.25, 0.3) is 0 Å². The molecular weight excluding hydrogens is 312 g/mol. The van der Waals surface area contributed by atoms with Crippen LogP contribution in [0.1, 0.15) is 42.6 Å². The Labute approximate surface area is 137 Å². The largest absolute Gasteiger partial charge is 0.379 e. The van der Waals surface area contributed by atoms with E-state index in [4.69, 9.17) is 4.18 Å². The van der Waals surface area contributed by atoms with Gasteiger partial charge in [0.05, 0.1) is 0 Å². The van der Waals surface area contributed by atoms with Gasteiger partial charge in [-0.05, 0) is 61.7 Å². The minimum absolute atomic E-state index is 0.0814. The van der Waals surface area contributed by atoms with Crippen LogP contribution < -0.4 is 4.18 Å². The molecule has 23 heavy (non-hydrogen) atoms. The van der Waals surface area contributed by atoms with Crippen molar-refractivity contribution in [2.75, 3.05) is 0 Å². The zero-order valence-electron chi connectivity index (χ0n) is 13.3. The van der Waals surface area contributed by atoms with E-state index >= 15 is 0 Å². The van der Waals surface area contributed by atoms with Crippen molar-refractivity contribution < 1.29 is 17.4 Å². The molecule has 0 aromatic heterocycles. The molecule has 0 saturated heterocycles. The Bertz CT molecular complexity index is 760. The topological polar surface area (TPSA) is 60.4 Å². The molecule has 2 rings (SSSR count). The molecule has 0 N–H and O–H groups in total. The first-order valence-corrected chi connectivity index (χ1v) is 8.97. The Kier molecular flexibility index (Phi) is 5.55. The van der Waals surface area contributed by atoms with Gasteiger partial charge in [-0.15, -0.1) is 0 Å². The van der Waals surface area contributed by atoms with Crippen LogP contribution in [0.3, 0.4) is 0 Å². The van der Waals surface area contributed by atoms with Crippen molar-refractivity contribution in [3.05, 3.63) is 59.7 Å². The predicted octanol–water partition coefficient (Wildman–Crippen LogP) is 4.00. The number of carbonyl (C=O) groups excluding carboxylic acids is 1. The van der Waals surface area contributed by atoms with E-state index in [1.54, 1.807) is 24.3 Å². The Morgan fingerprint density at radius 1 is 1.00 bits per heavy atom. The molecule has 2 aromatic carbocycles. The molecule has 4 nitrogen and oxygen atoms in total. The first-order valence-electron chi connectivity index (χ1n) is 7.57. The Morgan fingerprint density at radius 3 is 2.13 bits per heavy atom. The van der Waals surface area contributed by atoms with E-state index in [9.17, 15) is 13.2 Å². The van der Waals surface area contributed by atoms with Crippen molar-refractivity contribution >= 4 is 15.9 Å². The molecule has 0 bridgehead atoms. The number of Topliss-reactive ketones (excluding diaryl/α,β-unsaturated/α-hetero) is 1. The van der Waals surface area contributed by atoms with Crippen molar-refractivity contribution in [3.8, 4) is 5.75 Å². The van der Waals surface area contributed by atoms with Gasteiger partial charge in [-0.3, -0.25) is 4.79 Å². The lowest BCUT2D eigenvalue weighted by Gasteiger charge is -2.08. The van der Waals surface area contributed by atoms with Gasteiger partial charge in [0.25, 0.3) is 0 Å². The normalized spacial score (nSPS) is 11.2. The first kappa shape index (κ1) is 17.2. The summed E-state index contributed by atoms with van der Waals surface area (Å²) in [7, 11) is -3.87. The van der Waals surface area contributed by atoms with Crippen LogP contribution in [-0.2, 0) is 16.5 Å². The Morgan fingerprint density at radius 2 is 1.61 bits per heavy atom. The van der Waals surface area contributed by atoms with Crippen LogP contribution in [0, 0.1) is 0 Å². The third-order valence-electron chi connectivity index (χ3n) is 3.50. The molecule has 0 saturated carbocycles. The van der Waals surface area contributed by atoms with Gasteiger partial charge < -0.3 is 4.18 Å². The predicted molar refractivity (Wildman–Crippen MR) is 89.3 cm³/mol. The van der Waals surface area contributed by atoms with Crippen LogP contribution in [-0.4, -0.2) is 14.2 Å². The smallest absolute Gasteiger partial charge is 0.339 e. The average molecular weight is 332 g/mol. The summed E-state index contributed by atoms with van der Waals surface area (Å²) in [6.07, 6.45) is 3.11. The molecule has 0 heterocycles. The van der Waals surface area contributed by atoms with Gasteiger partial charge in [0, 0.05) is 5.56 Å². The third kappa shape index (κ3) is 4.66. The van der Waals surface area contributed by atoms with Crippen LogP contribution in [0.15, 0.2) is 53.4 Å². The van der Waals surface area contributed by atoms with Gasteiger partial charge in [0.2, 0.25) is 0 Å². The summed E-state index contributed by atoms with van der Waals surface area (Å²) >= 11 is 0. The first-order chi connectivity index (χ1) is 10.9. The highest BCUT2D eigenvalue weighted by Gasteiger charge is 2.16. The minimum Gasteiger partial charge on any atom is -0.379 e. The number of carbonyl (C=O) groups is 1. The van der Waals surface area contributed by atoms with Crippen molar-refractivity contribution in [2.45, 2.75) is 38.0 Å². The van der Waals surface area contributed by atoms with Crippen LogP contribution >= 0.6 is 0 Å². The molecule has 0 aliphatic carbocycles. The second kappa shape index (κ2) is 7.42. The molecule has 2 aromatic rings. The number of hydrogen-bond acceptors (Lipinski definition) is 4. The molecule has 0 amide bonds. The quantitative estimate of drug-likeness (QED) is 0.568. The fourth-order valence-corrected chi connectivity index (χ4v) is 3.05. The molecule has 0 atom stereocenters. The molecule has 5 heteroatoms. The van der Waals surface area contributed by atoms with E-state index < -0.39 is 10.1 Å². The Hall–Kier alpha value is -2.14. The molecule has 122 valence electrons. The monoisotopic (exact) mass is 332 g/mol. The number of rotatable bonds is 7. The van der Waals surface area contributed by atoms with Crippen molar-refractivity contribution in [2.24, 2.45) is 0 Å². The van der Waals surface area contributed by atoms with Crippen LogP contribution in [0.4, 0.5) is 0 Å². The molecular formula is C18H20O4S. The van der Waals surface area contributed by atoms with Crippen LogP contribution in [0.2, 0.25) is 0 Å². The molecule has 0 aliphatic heterocycles. The molecule has 0 radical (unpaired) electrons. The van der Waals surface area contributed by atoms with E-state index in [2.05, 4.69) is 6.92 Å². The third-order valence-corrected chi connectivity index (χ3v) is 4.76. The fraction of sp³-hybridized carbons (Fsp3) is 0.278. The molecule has 0 spiro atoms. The maximum absolute atomic E-state index is 12.3. The highest BCUT2D eigenvalue weighted by molar-refractivity contribution is 7.87. The van der Waals surface area contributed by atoms with E-state index in [0.29, 0.717) is 5.56 Å². The summed E-state index contributed by atoms with van der Waals surface area (Å²) in [5, 5.41) is 0. The van der Waals surface area contributed by atoms with E-state index in [1.165, 1.54) is 19.1 Å². The maximum Gasteiger partial charge on any atom is 0.339 e. The summed E-state index contributed by atoms with van der Waals surface area (Å²) in [5.41, 5.74) is 1.62. The van der Waals surface area contributed by atoms with Gasteiger partial charge in [-0.2, -0.15) is 8.42 Å². The minimum atomic E-state index is -3.87. The zero-order valence-corrected chi connectivity index (χ0v) is 14.1. The SMILES string of the molecule is CCCCc1ccc(S(=O)(=O)Oc2ccc(C(C)=O)cc2)cc1. The summed E-state index contributed by atoms with van der Waals surface area (Å²) in [4.78, 5) is 11.3. The number of ketones is 1. The van der Waals surface area contributed by atoms with Gasteiger partial charge >= 0.3 is 10.1 Å². The van der Waals surface area contributed by atoms with Gasteiger partial charge in [0.1, 0.15) is 10.6 Å². The highest BCUT2D eigenvalue weighted by Crippen LogP contribution is 2.20. The lowest BCUT2D eigenvalue weighted by molar-refractivity contribution is 0.101. The summed E-state index contributed by atoms with van der Waals surface area (Å²) in [6.45, 7) is 3.57. The van der Waals surface area contributed by atoms with Gasteiger partial charge in [0.15, 0.2) is 5.78 Å². The average Bonchev–Trinajstić information content (AvgIpc) is 2.53. The standard InChI is InChI=1S/C18H20O4S/c1-3-4-5-15-6-12-18(13-7-15)23(20,21)22-17-10-8-16(9-11-17)14(2)19/h6-13H,3-5H2,1-2H3. The number of hydrogen-bond donors (Lipinski definition) is 0. The second-order valence-corrected chi connectivity index (χ2v) is 6.91. The highest BCUT2D eigenvalue weighted by atomic mass is 32.2. The van der Waals surface area contributed by atoms with Gasteiger partial charge in [-0.25, -0.2) is 0 Å². The Balaban J connectivity index is 2.13.